The Morgan fingerprint density at radius 1 is 1.63 bits per heavy atom. The van der Waals surface area contributed by atoms with Crippen molar-refractivity contribution in [3.63, 3.8) is 0 Å². The number of nitrogens with zero attached hydrogens (tertiary/aromatic N) is 1. The van der Waals surface area contributed by atoms with Crippen LogP contribution < -0.4 is 5.32 Å². The summed E-state index contributed by atoms with van der Waals surface area (Å²) in [7, 11) is 0. The van der Waals surface area contributed by atoms with E-state index in [1.165, 1.54) is 18.2 Å². The van der Waals surface area contributed by atoms with Crippen molar-refractivity contribution < 1.29 is 13.9 Å². The highest BCUT2D eigenvalue weighted by Crippen LogP contribution is 2.23. The van der Waals surface area contributed by atoms with E-state index in [4.69, 9.17) is 4.74 Å². The number of urea groups is 1. The van der Waals surface area contributed by atoms with E-state index in [1.54, 1.807) is 4.90 Å². The minimum Gasteiger partial charge on any atom is -0.375 e. The highest BCUT2D eigenvalue weighted by molar-refractivity contribution is 9.10. The molecule has 1 aliphatic heterocycles. The Morgan fingerprint density at radius 3 is 3.11 bits per heavy atom. The van der Waals surface area contributed by atoms with Crippen LogP contribution in [0.3, 0.4) is 0 Å². The van der Waals surface area contributed by atoms with Gasteiger partial charge in [0.2, 0.25) is 0 Å². The fourth-order valence-electron chi connectivity index (χ4n) is 1.94. The lowest BCUT2D eigenvalue weighted by molar-refractivity contribution is -0.0134. The van der Waals surface area contributed by atoms with Crippen LogP contribution in [-0.2, 0) is 4.74 Å². The molecule has 1 aromatic rings. The van der Waals surface area contributed by atoms with Crippen molar-refractivity contribution >= 4 is 27.6 Å². The summed E-state index contributed by atoms with van der Waals surface area (Å²) < 4.78 is 19.0. The number of halogens is 2. The molecule has 0 saturated carbocycles. The van der Waals surface area contributed by atoms with E-state index in [-0.39, 0.29) is 18.0 Å². The number of hydrogen-bond donors (Lipinski definition) is 1. The monoisotopic (exact) mass is 330 g/mol. The van der Waals surface area contributed by atoms with Gasteiger partial charge in [0.25, 0.3) is 0 Å². The standard InChI is InChI=1S/C13H16BrFN2O2/c1-2-10-8-17(5-6-19-10)13(18)16-12-4-3-9(15)7-11(12)14/h3-4,7,10H,2,5-6,8H2,1H3,(H,16,18). The van der Waals surface area contributed by atoms with Crippen LogP contribution in [0.4, 0.5) is 14.9 Å². The Morgan fingerprint density at radius 2 is 2.42 bits per heavy atom. The van der Waals surface area contributed by atoms with Crippen molar-refractivity contribution in [2.45, 2.75) is 19.4 Å². The lowest BCUT2D eigenvalue weighted by Gasteiger charge is -2.32. The van der Waals surface area contributed by atoms with E-state index in [9.17, 15) is 9.18 Å². The third-order valence-corrected chi connectivity index (χ3v) is 3.71. The average molecular weight is 331 g/mol. The van der Waals surface area contributed by atoms with Crippen molar-refractivity contribution in [3.8, 4) is 0 Å². The van der Waals surface area contributed by atoms with Gasteiger partial charge in [-0.3, -0.25) is 0 Å². The number of nitrogens with one attached hydrogen (secondary N) is 1. The summed E-state index contributed by atoms with van der Waals surface area (Å²) in [5, 5.41) is 2.77. The van der Waals surface area contributed by atoms with E-state index in [0.29, 0.717) is 29.9 Å². The number of morpholine rings is 1. The first kappa shape index (κ1) is 14.3. The molecule has 4 nitrogen and oxygen atoms in total. The first-order chi connectivity index (χ1) is 9.10. The summed E-state index contributed by atoms with van der Waals surface area (Å²) in [5.41, 5.74) is 0.561. The topological polar surface area (TPSA) is 41.6 Å². The van der Waals surface area contributed by atoms with E-state index in [1.807, 2.05) is 6.92 Å². The molecule has 0 bridgehead atoms. The fraction of sp³-hybridized carbons (Fsp3) is 0.462. The highest BCUT2D eigenvalue weighted by atomic mass is 79.9. The fourth-order valence-corrected chi connectivity index (χ4v) is 2.39. The van der Waals surface area contributed by atoms with Gasteiger partial charge in [-0.1, -0.05) is 6.92 Å². The third kappa shape index (κ3) is 3.67. The molecule has 0 radical (unpaired) electrons. The third-order valence-electron chi connectivity index (χ3n) is 3.05. The van der Waals surface area contributed by atoms with Crippen molar-refractivity contribution in [1.29, 1.82) is 0 Å². The largest absolute Gasteiger partial charge is 0.375 e. The number of anilines is 1. The van der Waals surface area contributed by atoms with Crippen molar-refractivity contribution in [1.82, 2.24) is 4.90 Å². The van der Waals surface area contributed by atoms with Gasteiger partial charge in [-0.2, -0.15) is 0 Å². The van der Waals surface area contributed by atoms with Crippen LogP contribution in [-0.4, -0.2) is 36.7 Å². The molecule has 1 N–H and O–H groups in total. The van der Waals surface area contributed by atoms with E-state index in [2.05, 4.69) is 21.2 Å². The number of carbonyl (C=O) groups excluding carboxylic acids is 1. The summed E-state index contributed by atoms with van der Waals surface area (Å²) in [6, 6.07) is 3.99. The van der Waals surface area contributed by atoms with Gasteiger partial charge in [-0.25, -0.2) is 9.18 Å². The van der Waals surface area contributed by atoms with Gasteiger partial charge in [0.15, 0.2) is 0 Å². The molecule has 2 rings (SSSR count). The first-order valence-corrected chi connectivity index (χ1v) is 7.02. The van der Waals surface area contributed by atoms with Gasteiger partial charge in [-0.05, 0) is 40.5 Å². The van der Waals surface area contributed by atoms with Crippen LogP contribution in [0, 0.1) is 5.82 Å². The predicted molar refractivity (Wildman–Crippen MR) is 74.7 cm³/mol. The molecule has 6 heteroatoms. The maximum absolute atomic E-state index is 13.0. The highest BCUT2D eigenvalue weighted by Gasteiger charge is 2.23. The van der Waals surface area contributed by atoms with Crippen molar-refractivity contribution in [2.75, 3.05) is 25.0 Å². The zero-order valence-corrected chi connectivity index (χ0v) is 12.2. The van der Waals surface area contributed by atoms with Crippen LogP contribution >= 0.6 is 15.9 Å². The van der Waals surface area contributed by atoms with Gasteiger partial charge in [-0.15, -0.1) is 0 Å². The molecular weight excluding hydrogens is 315 g/mol. The lowest BCUT2D eigenvalue weighted by Crippen LogP contribution is -2.47. The summed E-state index contributed by atoms with van der Waals surface area (Å²) in [6.07, 6.45) is 0.973. The quantitative estimate of drug-likeness (QED) is 0.904. The van der Waals surface area contributed by atoms with Crippen LogP contribution in [0.25, 0.3) is 0 Å². The molecule has 2 amide bonds. The Kier molecular flexibility index (Phi) is 4.76. The number of rotatable bonds is 2. The minimum atomic E-state index is -0.345. The van der Waals surface area contributed by atoms with Crippen LogP contribution in [0.2, 0.25) is 0 Å². The number of benzene rings is 1. The van der Waals surface area contributed by atoms with Crippen LogP contribution in [0.1, 0.15) is 13.3 Å². The molecule has 104 valence electrons. The summed E-state index contributed by atoms with van der Waals surface area (Å²) >= 11 is 3.23. The van der Waals surface area contributed by atoms with E-state index >= 15 is 0 Å². The van der Waals surface area contributed by atoms with E-state index in [0.717, 1.165) is 6.42 Å². The molecule has 1 unspecified atom stereocenters. The van der Waals surface area contributed by atoms with Gasteiger partial charge in [0.05, 0.1) is 18.4 Å². The first-order valence-electron chi connectivity index (χ1n) is 6.22. The van der Waals surface area contributed by atoms with Gasteiger partial charge >= 0.3 is 6.03 Å². The lowest BCUT2D eigenvalue weighted by atomic mass is 10.2. The number of carbonyl (C=O) groups is 1. The molecule has 0 spiro atoms. The second-order valence-electron chi connectivity index (χ2n) is 4.40. The molecule has 1 aromatic carbocycles. The second kappa shape index (κ2) is 6.34. The predicted octanol–water partition coefficient (Wildman–Crippen LogP) is 3.23. The maximum atomic E-state index is 13.0. The summed E-state index contributed by atoms with van der Waals surface area (Å²) in [6.45, 7) is 3.74. The zero-order valence-electron chi connectivity index (χ0n) is 10.7. The molecule has 1 aliphatic rings. The van der Waals surface area contributed by atoms with Gasteiger partial charge < -0.3 is 15.0 Å². The SMILES string of the molecule is CCC1CN(C(=O)Nc2ccc(F)cc2Br)CCO1. The Labute approximate surface area is 120 Å². The number of amides is 2. The average Bonchev–Trinajstić information content (AvgIpc) is 2.42. The molecular formula is C13H16BrFN2O2. The molecule has 1 fully saturated rings. The molecule has 1 atom stereocenters. The Balaban J connectivity index is 2.00. The van der Waals surface area contributed by atoms with Gasteiger partial charge in [0.1, 0.15) is 5.82 Å². The van der Waals surface area contributed by atoms with Crippen molar-refractivity contribution in [2.24, 2.45) is 0 Å². The molecule has 19 heavy (non-hydrogen) atoms. The minimum absolute atomic E-state index is 0.0937. The number of ether oxygens (including phenoxy) is 1. The summed E-state index contributed by atoms with van der Waals surface area (Å²) in [4.78, 5) is 13.8. The van der Waals surface area contributed by atoms with Crippen molar-refractivity contribution in [3.05, 3.63) is 28.5 Å². The Bertz CT molecular complexity index is 470. The molecule has 1 saturated heterocycles. The maximum Gasteiger partial charge on any atom is 0.322 e. The molecule has 1 heterocycles. The number of hydrogen-bond acceptors (Lipinski definition) is 2. The summed E-state index contributed by atoms with van der Waals surface area (Å²) in [5.74, 6) is -0.345. The molecule has 0 aliphatic carbocycles. The second-order valence-corrected chi connectivity index (χ2v) is 5.26. The normalized spacial score (nSPS) is 19.3. The zero-order chi connectivity index (χ0) is 13.8. The van der Waals surface area contributed by atoms with Crippen LogP contribution in [0.5, 0.6) is 0 Å². The van der Waals surface area contributed by atoms with Gasteiger partial charge in [0, 0.05) is 17.6 Å². The Hall–Kier alpha value is -1.14. The van der Waals surface area contributed by atoms with Crippen LogP contribution in [0.15, 0.2) is 22.7 Å². The van der Waals surface area contributed by atoms with E-state index < -0.39 is 0 Å². The molecule has 0 aromatic heterocycles. The smallest absolute Gasteiger partial charge is 0.322 e.